The molecule has 0 aromatic rings. The maximum Gasteiger partial charge on any atom is 0.515 e. The van der Waals surface area contributed by atoms with Crippen molar-refractivity contribution >= 4 is 21.4 Å². The third kappa shape index (κ3) is 6.57. The number of thiol groups is 1. The minimum absolute atomic E-state index is 0.0368. The van der Waals surface area contributed by atoms with Crippen molar-refractivity contribution in [1.82, 2.24) is 0 Å². The van der Waals surface area contributed by atoms with Crippen LogP contribution in [0.3, 0.4) is 0 Å². The van der Waals surface area contributed by atoms with E-state index in [-0.39, 0.29) is 23.2 Å². The Labute approximate surface area is 119 Å². The predicted octanol–water partition coefficient (Wildman–Crippen LogP) is 3.84. The second kappa shape index (κ2) is 8.58. The summed E-state index contributed by atoms with van der Waals surface area (Å²) in [6, 6.07) is 0. The second-order valence-electron chi connectivity index (χ2n) is 5.41. The van der Waals surface area contributed by atoms with E-state index in [4.69, 9.17) is 25.9 Å². The molecular weight excluding hydrogens is 264 g/mol. The maximum atomic E-state index is 6.09. The molecule has 0 amide bonds. The Morgan fingerprint density at radius 1 is 0.833 bits per heavy atom. The van der Waals surface area contributed by atoms with Crippen molar-refractivity contribution in [3.63, 3.8) is 0 Å². The minimum Gasteiger partial charge on any atom is -0.370 e. The zero-order valence-corrected chi connectivity index (χ0v) is 14.8. The van der Waals surface area contributed by atoms with Crippen LogP contribution in [0.5, 0.6) is 0 Å². The van der Waals surface area contributed by atoms with E-state index in [1.54, 1.807) is 0 Å². The van der Waals surface area contributed by atoms with Gasteiger partial charge in [-0.2, -0.15) is 12.6 Å². The van der Waals surface area contributed by atoms with Crippen LogP contribution < -0.4 is 0 Å². The molecule has 0 heterocycles. The van der Waals surface area contributed by atoms with E-state index in [1.165, 1.54) is 0 Å². The molecule has 0 saturated carbocycles. The fourth-order valence-electron chi connectivity index (χ4n) is 1.75. The highest BCUT2D eigenvalue weighted by Gasteiger charge is 2.50. The molecule has 18 heavy (non-hydrogen) atoms. The van der Waals surface area contributed by atoms with E-state index in [0.29, 0.717) is 0 Å². The maximum absolute atomic E-state index is 6.09. The Morgan fingerprint density at radius 3 is 1.39 bits per heavy atom. The first-order chi connectivity index (χ1) is 8.23. The molecule has 0 radical (unpaired) electrons. The second-order valence-corrected chi connectivity index (χ2v) is 9.13. The van der Waals surface area contributed by atoms with Crippen molar-refractivity contribution in [1.29, 1.82) is 0 Å². The van der Waals surface area contributed by atoms with Gasteiger partial charge in [0.1, 0.15) is 0 Å². The molecule has 0 bridgehead atoms. The van der Waals surface area contributed by atoms with E-state index in [0.717, 1.165) is 12.8 Å². The van der Waals surface area contributed by atoms with Crippen molar-refractivity contribution < 1.29 is 13.3 Å². The van der Waals surface area contributed by atoms with Crippen LogP contribution in [0.4, 0.5) is 0 Å². The lowest BCUT2D eigenvalue weighted by molar-refractivity contribution is 0.00138. The highest BCUT2D eigenvalue weighted by Crippen LogP contribution is 2.27. The molecule has 0 aliphatic carbocycles. The molecule has 1 unspecified atom stereocenters. The largest absolute Gasteiger partial charge is 0.515 e. The van der Waals surface area contributed by atoms with Crippen LogP contribution in [0, 0.1) is 0 Å². The predicted molar refractivity (Wildman–Crippen MR) is 82.1 cm³/mol. The van der Waals surface area contributed by atoms with Gasteiger partial charge in [-0.05, 0) is 48.0 Å². The fraction of sp³-hybridized carbons (Fsp3) is 1.00. The zero-order chi connectivity index (χ0) is 14.3. The van der Waals surface area contributed by atoms with Crippen molar-refractivity contribution in [3.8, 4) is 0 Å². The van der Waals surface area contributed by atoms with Crippen LogP contribution in [0.1, 0.15) is 61.3 Å². The molecule has 0 aliphatic heterocycles. The molecule has 5 heteroatoms. The Kier molecular flexibility index (Phi) is 8.80. The minimum atomic E-state index is -2.74. The normalized spacial score (nSPS) is 14.8. The lowest BCUT2D eigenvalue weighted by atomic mass is 10.4. The summed E-state index contributed by atoms with van der Waals surface area (Å²) >= 11 is 4.70. The highest BCUT2D eigenvalue weighted by molar-refractivity contribution is 7.83. The Hall–Kier alpha value is 0.447. The van der Waals surface area contributed by atoms with Gasteiger partial charge in [-0.1, -0.05) is 13.3 Å². The number of rotatable bonds is 9. The zero-order valence-electron chi connectivity index (χ0n) is 12.9. The van der Waals surface area contributed by atoms with E-state index in [1.807, 2.05) is 41.5 Å². The first kappa shape index (κ1) is 18.4. The summed E-state index contributed by atoms with van der Waals surface area (Å²) in [5, 5.41) is 0. The van der Waals surface area contributed by atoms with Crippen LogP contribution in [0.2, 0.25) is 0 Å². The summed E-state index contributed by atoms with van der Waals surface area (Å²) < 4.78 is 18.3. The molecule has 0 aliphatic rings. The Balaban J connectivity index is 5.09. The Bertz CT molecular complexity index is 196. The summed E-state index contributed by atoms with van der Waals surface area (Å²) in [5.74, 6) is 0. The average Bonchev–Trinajstić information content (AvgIpc) is 2.14. The molecule has 3 nitrogen and oxygen atoms in total. The third-order valence-corrected chi connectivity index (χ3v) is 6.88. The standard InChI is InChI=1S/C13H30O3SSi/c1-8-9-13(17)18(14-10(2)3,15-11(4)5)16-12(6)7/h10-13,17H,8-9H2,1-7H3. The summed E-state index contributed by atoms with van der Waals surface area (Å²) in [5.41, 5.74) is 0. The molecular formula is C13H30O3SSi. The molecule has 0 aromatic heterocycles. The van der Waals surface area contributed by atoms with Gasteiger partial charge < -0.3 is 13.3 Å². The van der Waals surface area contributed by atoms with E-state index in [2.05, 4.69) is 6.92 Å². The smallest absolute Gasteiger partial charge is 0.370 e. The topological polar surface area (TPSA) is 27.7 Å². The summed E-state index contributed by atoms with van der Waals surface area (Å²) in [6.45, 7) is 14.2. The van der Waals surface area contributed by atoms with Gasteiger partial charge in [0.2, 0.25) is 0 Å². The average molecular weight is 295 g/mol. The van der Waals surface area contributed by atoms with Gasteiger partial charge in [-0.25, -0.2) is 0 Å². The van der Waals surface area contributed by atoms with Crippen LogP contribution in [0.15, 0.2) is 0 Å². The van der Waals surface area contributed by atoms with Crippen molar-refractivity contribution in [2.24, 2.45) is 0 Å². The molecule has 1 atom stereocenters. The molecule has 0 spiro atoms. The lowest BCUT2D eigenvalue weighted by Gasteiger charge is -2.37. The van der Waals surface area contributed by atoms with Crippen molar-refractivity contribution in [3.05, 3.63) is 0 Å². The first-order valence-corrected chi connectivity index (χ1v) is 9.26. The fourth-order valence-corrected chi connectivity index (χ4v) is 5.81. The van der Waals surface area contributed by atoms with Crippen LogP contribution in [0.25, 0.3) is 0 Å². The van der Waals surface area contributed by atoms with E-state index >= 15 is 0 Å². The quantitative estimate of drug-likeness (QED) is 0.517. The van der Waals surface area contributed by atoms with Gasteiger partial charge in [0.05, 0.1) is 4.87 Å². The van der Waals surface area contributed by atoms with E-state index < -0.39 is 8.80 Å². The van der Waals surface area contributed by atoms with Crippen LogP contribution >= 0.6 is 12.6 Å². The van der Waals surface area contributed by atoms with Gasteiger partial charge in [0.25, 0.3) is 0 Å². The third-order valence-electron chi connectivity index (χ3n) is 2.17. The number of hydrogen-bond acceptors (Lipinski definition) is 4. The molecule has 0 rings (SSSR count). The summed E-state index contributed by atoms with van der Waals surface area (Å²) in [4.78, 5) is 0.0368. The first-order valence-electron chi connectivity index (χ1n) is 6.95. The highest BCUT2D eigenvalue weighted by atomic mass is 32.1. The molecule has 0 aromatic carbocycles. The van der Waals surface area contributed by atoms with Crippen molar-refractivity contribution in [2.45, 2.75) is 84.5 Å². The van der Waals surface area contributed by atoms with Gasteiger partial charge in [-0.15, -0.1) is 0 Å². The van der Waals surface area contributed by atoms with Crippen LogP contribution in [-0.4, -0.2) is 32.0 Å². The SMILES string of the molecule is CCCC(S)[Si](OC(C)C)(OC(C)C)OC(C)C. The number of hydrogen-bond donors (Lipinski definition) is 1. The van der Waals surface area contributed by atoms with E-state index in [9.17, 15) is 0 Å². The molecule has 110 valence electrons. The van der Waals surface area contributed by atoms with Gasteiger partial charge in [0, 0.05) is 18.3 Å². The molecule has 0 fully saturated rings. The molecule has 0 N–H and O–H groups in total. The monoisotopic (exact) mass is 294 g/mol. The Morgan fingerprint density at radius 2 is 1.17 bits per heavy atom. The summed E-state index contributed by atoms with van der Waals surface area (Å²) in [7, 11) is -2.74. The van der Waals surface area contributed by atoms with Gasteiger partial charge in [0.15, 0.2) is 0 Å². The summed E-state index contributed by atoms with van der Waals surface area (Å²) in [6.07, 6.45) is 2.25. The molecule has 0 saturated heterocycles. The van der Waals surface area contributed by atoms with Crippen LogP contribution in [-0.2, 0) is 13.3 Å². The van der Waals surface area contributed by atoms with Gasteiger partial charge in [-0.3, -0.25) is 0 Å². The van der Waals surface area contributed by atoms with Crippen molar-refractivity contribution in [2.75, 3.05) is 0 Å². The van der Waals surface area contributed by atoms with Gasteiger partial charge >= 0.3 is 8.80 Å². The lowest BCUT2D eigenvalue weighted by Crippen LogP contribution is -2.58.